The Morgan fingerprint density at radius 2 is 2.24 bits per heavy atom. The molecule has 0 bridgehead atoms. The highest BCUT2D eigenvalue weighted by Gasteiger charge is 2.28. The maximum Gasteiger partial charge on any atom is 0.0778 e. The normalized spacial score (nSPS) is 13.9. The average Bonchev–Trinajstić information content (AvgIpc) is 2.65. The van der Waals surface area contributed by atoms with Gasteiger partial charge in [0.05, 0.1) is 5.60 Å². The highest BCUT2D eigenvalue weighted by Crippen LogP contribution is 2.19. The van der Waals surface area contributed by atoms with E-state index in [1.165, 1.54) is 5.69 Å². The third kappa shape index (κ3) is 3.82. The summed E-state index contributed by atoms with van der Waals surface area (Å²) in [7, 11) is 3.98. The molecule has 0 aliphatic heterocycles. The van der Waals surface area contributed by atoms with Gasteiger partial charge >= 0.3 is 0 Å². The second kappa shape index (κ2) is 6.17. The van der Waals surface area contributed by atoms with Crippen LogP contribution in [0.3, 0.4) is 0 Å². The van der Waals surface area contributed by atoms with Crippen molar-refractivity contribution in [2.24, 2.45) is 7.05 Å². The standard InChI is InChI=1S/C13H25N3O/c1-6-17-13(2,3)12(14-4)8-7-11-9-10-15-16(11)5/h9-10,12,14H,6-8H2,1-5H3. The fraction of sp³-hybridized carbons (Fsp3) is 0.769. The number of nitrogens with zero attached hydrogens (tertiary/aromatic N) is 2. The average molecular weight is 239 g/mol. The van der Waals surface area contributed by atoms with Crippen molar-refractivity contribution in [3.8, 4) is 0 Å². The van der Waals surface area contributed by atoms with Crippen LogP contribution in [0.5, 0.6) is 0 Å². The summed E-state index contributed by atoms with van der Waals surface area (Å²) in [4.78, 5) is 0. The fourth-order valence-corrected chi connectivity index (χ4v) is 2.25. The van der Waals surface area contributed by atoms with Crippen molar-refractivity contribution in [1.82, 2.24) is 15.1 Å². The number of rotatable bonds is 7. The quantitative estimate of drug-likeness (QED) is 0.788. The summed E-state index contributed by atoms with van der Waals surface area (Å²) in [5.41, 5.74) is 1.12. The molecule has 0 radical (unpaired) electrons. The highest BCUT2D eigenvalue weighted by molar-refractivity contribution is 5.01. The molecule has 4 heteroatoms. The number of likely N-dealkylation sites (N-methyl/N-ethyl adjacent to an activating group) is 1. The van der Waals surface area contributed by atoms with E-state index in [1.807, 2.05) is 31.9 Å². The Hall–Kier alpha value is -0.870. The molecule has 4 nitrogen and oxygen atoms in total. The SMILES string of the molecule is CCOC(C)(C)C(CCc1ccnn1C)NC. The first-order chi connectivity index (χ1) is 8.01. The van der Waals surface area contributed by atoms with Crippen LogP contribution in [0.15, 0.2) is 12.3 Å². The minimum atomic E-state index is -0.137. The van der Waals surface area contributed by atoms with Crippen LogP contribution in [0.1, 0.15) is 32.9 Å². The first kappa shape index (κ1) is 14.2. The monoisotopic (exact) mass is 239 g/mol. The molecule has 0 aromatic carbocycles. The Kier molecular flexibility index (Phi) is 5.15. The van der Waals surface area contributed by atoms with Gasteiger partial charge in [0.25, 0.3) is 0 Å². The summed E-state index contributed by atoms with van der Waals surface area (Å²) in [6.45, 7) is 7.06. The van der Waals surface area contributed by atoms with Crippen molar-refractivity contribution < 1.29 is 4.74 Å². The lowest BCUT2D eigenvalue weighted by Crippen LogP contribution is -2.47. The fourth-order valence-electron chi connectivity index (χ4n) is 2.25. The van der Waals surface area contributed by atoms with Crippen LogP contribution >= 0.6 is 0 Å². The van der Waals surface area contributed by atoms with Crippen molar-refractivity contribution in [3.63, 3.8) is 0 Å². The summed E-state index contributed by atoms with van der Waals surface area (Å²) < 4.78 is 7.73. The summed E-state index contributed by atoms with van der Waals surface area (Å²) in [5, 5.41) is 7.54. The van der Waals surface area contributed by atoms with Gasteiger partial charge in [-0.15, -0.1) is 0 Å². The lowest BCUT2D eigenvalue weighted by molar-refractivity contribution is -0.0383. The van der Waals surface area contributed by atoms with E-state index in [1.54, 1.807) is 0 Å². The molecular formula is C13H25N3O. The molecule has 0 aliphatic carbocycles. The topological polar surface area (TPSA) is 39.1 Å². The van der Waals surface area contributed by atoms with Gasteiger partial charge in [0.15, 0.2) is 0 Å². The Morgan fingerprint density at radius 1 is 1.53 bits per heavy atom. The summed E-state index contributed by atoms with van der Waals surface area (Å²) >= 11 is 0. The van der Waals surface area contributed by atoms with Crippen LogP contribution in [0.4, 0.5) is 0 Å². The summed E-state index contributed by atoms with van der Waals surface area (Å²) in [6, 6.07) is 2.41. The third-order valence-corrected chi connectivity index (χ3v) is 3.32. The minimum Gasteiger partial charge on any atom is -0.374 e. The van der Waals surface area contributed by atoms with E-state index in [4.69, 9.17) is 4.74 Å². The molecule has 1 unspecified atom stereocenters. The highest BCUT2D eigenvalue weighted by atomic mass is 16.5. The molecule has 98 valence electrons. The van der Waals surface area contributed by atoms with Crippen molar-refractivity contribution >= 4 is 0 Å². The molecule has 17 heavy (non-hydrogen) atoms. The maximum absolute atomic E-state index is 5.80. The van der Waals surface area contributed by atoms with E-state index >= 15 is 0 Å². The van der Waals surface area contributed by atoms with Crippen molar-refractivity contribution in [2.45, 2.75) is 45.3 Å². The van der Waals surface area contributed by atoms with Crippen LogP contribution in [-0.2, 0) is 18.2 Å². The second-order valence-corrected chi connectivity index (χ2v) is 4.86. The summed E-state index contributed by atoms with van der Waals surface area (Å²) in [6.07, 6.45) is 3.90. The largest absolute Gasteiger partial charge is 0.374 e. The summed E-state index contributed by atoms with van der Waals surface area (Å²) in [5.74, 6) is 0. The molecule has 1 heterocycles. The first-order valence-corrected chi connectivity index (χ1v) is 6.29. The minimum absolute atomic E-state index is 0.137. The predicted molar refractivity (Wildman–Crippen MR) is 70.1 cm³/mol. The molecule has 0 spiro atoms. The zero-order valence-electron chi connectivity index (χ0n) is 11.7. The van der Waals surface area contributed by atoms with Gasteiger partial charge in [0.2, 0.25) is 0 Å². The van der Waals surface area contributed by atoms with Crippen LogP contribution in [0, 0.1) is 0 Å². The van der Waals surface area contributed by atoms with Crippen molar-refractivity contribution in [1.29, 1.82) is 0 Å². The molecular weight excluding hydrogens is 214 g/mol. The second-order valence-electron chi connectivity index (χ2n) is 4.86. The zero-order chi connectivity index (χ0) is 12.9. The zero-order valence-corrected chi connectivity index (χ0v) is 11.7. The maximum atomic E-state index is 5.80. The number of nitrogens with one attached hydrogen (secondary N) is 1. The lowest BCUT2D eigenvalue weighted by Gasteiger charge is -2.34. The van der Waals surface area contributed by atoms with Gasteiger partial charge in [-0.25, -0.2) is 0 Å². The molecule has 0 saturated carbocycles. The van der Waals surface area contributed by atoms with Crippen molar-refractivity contribution in [3.05, 3.63) is 18.0 Å². The van der Waals surface area contributed by atoms with E-state index < -0.39 is 0 Å². The predicted octanol–water partition coefficient (Wildman–Crippen LogP) is 1.76. The van der Waals surface area contributed by atoms with Gasteiger partial charge in [0.1, 0.15) is 0 Å². The smallest absolute Gasteiger partial charge is 0.0778 e. The first-order valence-electron chi connectivity index (χ1n) is 6.29. The van der Waals surface area contributed by atoms with Gasteiger partial charge in [0, 0.05) is 31.6 Å². The van der Waals surface area contributed by atoms with Gasteiger partial charge in [-0.05, 0) is 46.7 Å². The number of hydrogen-bond donors (Lipinski definition) is 1. The molecule has 1 atom stereocenters. The molecule has 0 saturated heterocycles. The van der Waals surface area contributed by atoms with Gasteiger partial charge < -0.3 is 10.1 Å². The Bertz CT molecular complexity index is 333. The van der Waals surface area contributed by atoms with Gasteiger partial charge in [-0.2, -0.15) is 5.10 Å². The Labute approximate surface area is 104 Å². The number of hydrogen-bond acceptors (Lipinski definition) is 3. The number of ether oxygens (including phenoxy) is 1. The van der Waals surface area contributed by atoms with Gasteiger partial charge in [-0.3, -0.25) is 4.68 Å². The van der Waals surface area contributed by atoms with Crippen LogP contribution < -0.4 is 5.32 Å². The molecule has 0 amide bonds. The third-order valence-electron chi connectivity index (χ3n) is 3.32. The molecule has 1 N–H and O–H groups in total. The van der Waals surface area contributed by atoms with Crippen molar-refractivity contribution in [2.75, 3.05) is 13.7 Å². The lowest BCUT2D eigenvalue weighted by atomic mass is 9.93. The molecule has 1 aromatic rings. The Balaban J connectivity index is 2.56. The van der Waals surface area contributed by atoms with E-state index in [-0.39, 0.29) is 5.60 Å². The van der Waals surface area contributed by atoms with Crippen LogP contribution in [0.25, 0.3) is 0 Å². The molecule has 0 aliphatic rings. The Morgan fingerprint density at radius 3 is 2.71 bits per heavy atom. The molecule has 1 aromatic heterocycles. The van der Waals surface area contributed by atoms with Crippen LogP contribution in [0.2, 0.25) is 0 Å². The van der Waals surface area contributed by atoms with Crippen LogP contribution in [-0.4, -0.2) is 35.1 Å². The molecule has 0 fully saturated rings. The van der Waals surface area contributed by atoms with E-state index in [9.17, 15) is 0 Å². The van der Waals surface area contributed by atoms with E-state index in [0.29, 0.717) is 6.04 Å². The van der Waals surface area contributed by atoms with Gasteiger partial charge in [-0.1, -0.05) is 0 Å². The number of aromatic nitrogens is 2. The number of aryl methyl sites for hydroxylation is 2. The van der Waals surface area contributed by atoms with E-state index in [0.717, 1.165) is 19.4 Å². The molecule has 1 rings (SSSR count). The van der Waals surface area contributed by atoms with E-state index in [2.05, 4.69) is 30.3 Å².